The van der Waals surface area contributed by atoms with Gasteiger partial charge in [0.05, 0.1) is 17.9 Å². The van der Waals surface area contributed by atoms with Gasteiger partial charge >= 0.3 is 0 Å². The highest BCUT2D eigenvalue weighted by molar-refractivity contribution is 7.97. The third-order valence-electron chi connectivity index (χ3n) is 5.70. The Bertz CT molecular complexity index is 1070. The number of aromatic nitrogens is 2. The first kappa shape index (κ1) is 20.1. The molecule has 2 aromatic carbocycles. The fourth-order valence-corrected chi connectivity index (χ4v) is 4.76. The van der Waals surface area contributed by atoms with E-state index in [1.807, 2.05) is 34.8 Å². The number of piperazine rings is 1. The highest BCUT2D eigenvalue weighted by Gasteiger charge is 2.18. The summed E-state index contributed by atoms with van der Waals surface area (Å²) in [5, 5.41) is 7.50. The van der Waals surface area contributed by atoms with Gasteiger partial charge < -0.3 is 15.0 Å². The predicted octanol–water partition coefficient (Wildman–Crippen LogP) is 3.31. The van der Waals surface area contributed by atoms with Crippen LogP contribution >= 0.6 is 11.9 Å². The number of carbonyl (C=O) groups excluding carboxylic acids is 1. The van der Waals surface area contributed by atoms with E-state index in [2.05, 4.69) is 51.9 Å². The Labute approximate surface area is 186 Å². The largest absolute Gasteiger partial charge is 0.487 e. The van der Waals surface area contributed by atoms with Crippen LogP contribution in [-0.2, 0) is 17.9 Å². The average molecular weight is 436 g/mol. The molecule has 2 aliphatic heterocycles. The molecule has 2 aliphatic rings. The van der Waals surface area contributed by atoms with E-state index < -0.39 is 0 Å². The maximum atomic E-state index is 10.7. The molecular formula is C23H25N5O2S. The second kappa shape index (κ2) is 8.74. The van der Waals surface area contributed by atoms with Gasteiger partial charge in [-0.1, -0.05) is 18.2 Å². The van der Waals surface area contributed by atoms with E-state index in [1.54, 1.807) is 0 Å². The minimum absolute atomic E-state index is 0.446. The van der Waals surface area contributed by atoms with Gasteiger partial charge in [0.2, 0.25) is 6.41 Å². The molecule has 0 radical (unpaired) electrons. The number of ether oxygens (including phenoxy) is 1. The lowest BCUT2D eigenvalue weighted by molar-refractivity contribution is -0.105. The highest BCUT2D eigenvalue weighted by Crippen LogP contribution is 2.31. The van der Waals surface area contributed by atoms with Crippen molar-refractivity contribution in [2.75, 3.05) is 38.5 Å². The molecule has 7 nitrogen and oxygen atoms in total. The first-order chi connectivity index (χ1) is 15.2. The number of benzene rings is 2. The maximum Gasteiger partial charge on any atom is 0.211 e. The van der Waals surface area contributed by atoms with Crippen LogP contribution in [0.4, 0.5) is 5.69 Å². The summed E-state index contributed by atoms with van der Waals surface area (Å²) < 4.78 is 10.4. The Hall–Kier alpha value is -2.81. The van der Waals surface area contributed by atoms with Crippen LogP contribution in [0, 0.1) is 0 Å². The van der Waals surface area contributed by atoms with E-state index in [0.717, 1.165) is 60.1 Å². The molecule has 5 rings (SSSR count). The number of carbonyl (C=O) groups is 1. The molecule has 8 heteroatoms. The Kier molecular flexibility index (Phi) is 5.67. The molecule has 31 heavy (non-hydrogen) atoms. The zero-order valence-corrected chi connectivity index (χ0v) is 18.3. The molecule has 0 unspecified atom stereocenters. The molecule has 160 valence electrons. The number of nitrogens with zero attached hydrogens (tertiary/aromatic N) is 4. The fraction of sp³-hybridized carbons (Fsp3) is 0.304. The van der Waals surface area contributed by atoms with Crippen molar-refractivity contribution in [2.45, 2.75) is 18.0 Å². The van der Waals surface area contributed by atoms with Crippen molar-refractivity contribution >= 4 is 24.0 Å². The molecule has 0 spiro atoms. The van der Waals surface area contributed by atoms with Crippen LogP contribution in [0.5, 0.6) is 5.75 Å². The average Bonchev–Trinajstić information content (AvgIpc) is 3.11. The van der Waals surface area contributed by atoms with E-state index in [1.165, 1.54) is 4.90 Å². The molecule has 1 fully saturated rings. The van der Waals surface area contributed by atoms with Gasteiger partial charge in [-0.3, -0.25) is 9.48 Å². The minimum Gasteiger partial charge on any atom is -0.487 e. The van der Waals surface area contributed by atoms with Gasteiger partial charge in [-0.2, -0.15) is 5.10 Å². The molecule has 0 atom stereocenters. The van der Waals surface area contributed by atoms with Crippen molar-refractivity contribution in [3.05, 3.63) is 59.8 Å². The van der Waals surface area contributed by atoms with Crippen LogP contribution in [0.3, 0.4) is 0 Å². The van der Waals surface area contributed by atoms with E-state index in [4.69, 9.17) is 9.84 Å². The first-order valence-electron chi connectivity index (χ1n) is 10.4. The number of fused-ring (bicyclic) bond motifs is 2. The van der Waals surface area contributed by atoms with Crippen LogP contribution in [0.15, 0.2) is 53.4 Å². The molecular weight excluding hydrogens is 410 g/mol. The van der Waals surface area contributed by atoms with Crippen LogP contribution < -0.4 is 10.1 Å². The molecule has 1 aromatic heterocycles. The molecule has 1 amide bonds. The third kappa shape index (κ3) is 4.46. The monoisotopic (exact) mass is 435 g/mol. The zero-order valence-electron chi connectivity index (χ0n) is 17.5. The third-order valence-corrected chi connectivity index (χ3v) is 6.80. The lowest BCUT2D eigenvalue weighted by Crippen LogP contribution is -2.40. The van der Waals surface area contributed by atoms with Gasteiger partial charge in [0, 0.05) is 54.0 Å². The van der Waals surface area contributed by atoms with E-state index in [-0.39, 0.29) is 0 Å². The van der Waals surface area contributed by atoms with Crippen molar-refractivity contribution in [1.82, 2.24) is 19.0 Å². The zero-order chi connectivity index (χ0) is 21.2. The highest BCUT2D eigenvalue weighted by atomic mass is 32.2. The standard InChI is InChI=1S/C23H25N5O2S/c1-26-8-10-27(11-9-26)31-21-6-3-17(4-7-21)22-13-20-15-30-23-12-19(24-16-29)5-2-18(23)14-28(20)25-22/h2-7,12-13,16H,8-11,14-15H2,1H3,(H,24,29). The molecule has 1 N–H and O–H groups in total. The Morgan fingerprint density at radius 2 is 1.87 bits per heavy atom. The molecule has 1 saturated heterocycles. The van der Waals surface area contributed by atoms with E-state index in [0.29, 0.717) is 19.6 Å². The SMILES string of the molecule is CN1CCN(Sc2ccc(-c3cc4n(n3)Cc3ccc(NC=O)cc3OC4)cc2)CC1. The molecule has 0 saturated carbocycles. The van der Waals surface area contributed by atoms with Gasteiger partial charge in [-0.15, -0.1) is 0 Å². The van der Waals surface area contributed by atoms with Crippen LogP contribution in [0.25, 0.3) is 11.3 Å². The number of rotatable bonds is 5. The topological polar surface area (TPSA) is 62.6 Å². The van der Waals surface area contributed by atoms with Crippen LogP contribution in [0.2, 0.25) is 0 Å². The summed E-state index contributed by atoms with van der Waals surface area (Å²) in [6, 6.07) is 16.4. The van der Waals surface area contributed by atoms with Gasteiger partial charge in [0.1, 0.15) is 12.4 Å². The smallest absolute Gasteiger partial charge is 0.211 e. The Morgan fingerprint density at radius 1 is 1.06 bits per heavy atom. The number of nitrogens with one attached hydrogen (secondary N) is 1. The fourth-order valence-electron chi connectivity index (χ4n) is 3.86. The normalized spacial score (nSPS) is 16.7. The summed E-state index contributed by atoms with van der Waals surface area (Å²) in [5.74, 6) is 0.782. The number of anilines is 1. The summed E-state index contributed by atoms with van der Waals surface area (Å²) in [6.07, 6.45) is 0.671. The van der Waals surface area contributed by atoms with Crippen molar-refractivity contribution in [1.29, 1.82) is 0 Å². The molecule has 3 heterocycles. The quantitative estimate of drug-likeness (QED) is 0.490. The van der Waals surface area contributed by atoms with Crippen molar-refractivity contribution < 1.29 is 9.53 Å². The maximum absolute atomic E-state index is 10.7. The second-order valence-electron chi connectivity index (χ2n) is 7.90. The van der Waals surface area contributed by atoms with Crippen LogP contribution in [0.1, 0.15) is 11.3 Å². The van der Waals surface area contributed by atoms with Crippen molar-refractivity contribution in [3.63, 3.8) is 0 Å². The van der Waals surface area contributed by atoms with E-state index >= 15 is 0 Å². The number of amides is 1. The molecule has 0 aliphatic carbocycles. The number of likely N-dealkylation sites (N-methyl/N-ethyl adjacent to an activating group) is 1. The summed E-state index contributed by atoms with van der Waals surface area (Å²) >= 11 is 1.83. The minimum atomic E-state index is 0.446. The number of hydrogen-bond donors (Lipinski definition) is 1. The summed E-state index contributed by atoms with van der Waals surface area (Å²) in [5.41, 5.74) is 4.87. The summed E-state index contributed by atoms with van der Waals surface area (Å²) in [4.78, 5) is 14.3. The van der Waals surface area contributed by atoms with Crippen molar-refractivity contribution in [3.8, 4) is 17.0 Å². The van der Waals surface area contributed by atoms with Gasteiger partial charge in [0.25, 0.3) is 0 Å². The van der Waals surface area contributed by atoms with Crippen molar-refractivity contribution in [2.24, 2.45) is 0 Å². The Morgan fingerprint density at radius 3 is 2.65 bits per heavy atom. The molecule has 3 aromatic rings. The predicted molar refractivity (Wildman–Crippen MR) is 122 cm³/mol. The second-order valence-corrected chi connectivity index (χ2v) is 9.07. The van der Waals surface area contributed by atoms with Crippen LogP contribution in [-0.4, -0.2) is 58.6 Å². The Balaban J connectivity index is 1.30. The van der Waals surface area contributed by atoms with Gasteiger partial charge in [-0.05, 0) is 43.3 Å². The van der Waals surface area contributed by atoms with E-state index in [9.17, 15) is 4.79 Å². The molecule has 0 bridgehead atoms. The summed E-state index contributed by atoms with van der Waals surface area (Å²) in [6.45, 7) is 5.50. The number of hydrogen-bond acceptors (Lipinski definition) is 6. The first-order valence-corrected chi connectivity index (χ1v) is 11.2. The van der Waals surface area contributed by atoms with Gasteiger partial charge in [-0.25, -0.2) is 4.31 Å². The van der Waals surface area contributed by atoms with Gasteiger partial charge in [0.15, 0.2) is 0 Å². The lowest BCUT2D eigenvalue weighted by atomic mass is 10.1. The lowest BCUT2D eigenvalue weighted by Gasteiger charge is -2.31. The summed E-state index contributed by atoms with van der Waals surface area (Å²) in [7, 11) is 2.18.